The van der Waals surface area contributed by atoms with E-state index in [1.807, 2.05) is 13.8 Å². The van der Waals surface area contributed by atoms with Gasteiger partial charge in [0.1, 0.15) is 0 Å². The van der Waals surface area contributed by atoms with Crippen molar-refractivity contribution >= 4 is 17.5 Å². The molecule has 2 unspecified atom stereocenters. The molecular formula is C15H23N3O2. The van der Waals surface area contributed by atoms with Gasteiger partial charge in [-0.25, -0.2) is 0 Å². The molecule has 110 valence electrons. The molecule has 1 aromatic rings. The minimum atomic E-state index is -0.323. The molecule has 5 nitrogen and oxygen atoms in total. The first kappa shape index (κ1) is 16.2. The van der Waals surface area contributed by atoms with E-state index >= 15 is 0 Å². The smallest absolute Gasteiger partial charge is 0.253 e. The summed E-state index contributed by atoms with van der Waals surface area (Å²) in [7, 11) is 0. The SMILES string of the molecule is CC(C)NC(=O)c1ccccc1NC(=O)C(C)C(C)N. The highest BCUT2D eigenvalue weighted by atomic mass is 16.2. The zero-order valence-corrected chi connectivity index (χ0v) is 12.4. The van der Waals surface area contributed by atoms with Crippen LogP contribution in [0.4, 0.5) is 5.69 Å². The van der Waals surface area contributed by atoms with E-state index in [2.05, 4.69) is 10.6 Å². The third-order valence-corrected chi connectivity index (χ3v) is 3.05. The van der Waals surface area contributed by atoms with Crippen LogP contribution in [0.5, 0.6) is 0 Å². The molecule has 2 amide bonds. The molecule has 0 saturated heterocycles. The fraction of sp³-hybridized carbons (Fsp3) is 0.467. The number of benzene rings is 1. The average molecular weight is 277 g/mol. The van der Waals surface area contributed by atoms with Crippen molar-refractivity contribution in [1.82, 2.24) is 5.32 Å². The summed E-state index contributed by atoms with van der Waals surface area (Å²) < 4.78 is 0. The number of carbonyl (C=O) groups is 2. The lowest BCUT2D eigenvalue weighted by atomic mass is 10.0. The summed E-state index contributed by atoms with van der Waals surface area (Å²) in [5, 5.41) is 5.58. The maximum Gasteiger partial charge on any atom is 0.253 e. The van der Waals surface area contributed by atoms with Crippen LogP contribution in [0, 0.1) is 5.92 Å². The molecule has 20 heavy (non-hydrogen) atoms. The van der Waals surface area contributed by atoms with Crippen LogP contribution in [-0.4, -0.2) is 23.9 Å². The molecule has 0 aliphatic rings. The molecule has 4 N–H and O–H groups in total. The average Bonchev–Trinajstić information content (AvgIpc) is 2.37. The Morgan fingerprint density at radius 2 is 1.70 bits per heavy atom. The van der Waals surface area contributed by atoms with Gasteiger partial charge in [-0.15, -0.1) is 0 Å². The maximum absolute atomic E-state index is 12.1. The minimum absolute atomic E-state index is 0.0363. The Labute approximate surface area is 119 Å². The van der Waals surface area contributed by atoms with Gasteiger partial charge >= 0.3 is 0 Å². The van der Waals surface area contributed by atoms with E-state index in [9.17, 15) is 9.59 Å². The Morgan fingerprint density at radius 3 is 2.25 bits per heavy atom. The van der Waals surface area contributed by atoms with E-state index in [0.29, 0.717) is 11.3 Å². The number of nitrogens with one attached hydrogen (secondary N) is 2. The molecule has 0 aromatic heterocycles. The third kappa shape index (κ3) is 4.35. The maximum atomic E-state index is 12.1. The van der Waals surface area contributed by atoms with Crippen LogP contribution < -0.4 is 16.4 Å². The predicted octanol–water partition coefficient (Wildman–Crippen LogP) is 1.75. The third-order valence-electron chi connectivity index (χ3n) is 3.05. The van der Waals surface area contributed by atoms with Crippen LogP contribution in [0.1, 0.15) is 38.1 Å². The summed E-state index contributed by atoms with van der Waals surface area (Å²) in [6.45, 7) is 7.31. The molecular weight excluding hydrogens is 254 g/mol. The Bertz CT molecular complexity index is 484. The standard InChI is InChI=1S/C15H23N3O2/c1-9(2)17-15(20)12-7-5-6-8-13(12)18-14(19)10(3)11(4)16/h5-11H,16H2,1-4H3,(H,17,20)(H,18,19). The van der Waals surface area contributed by atoms with Gasteiger partial charge in [0.2, 0.25) is 5.91 Å². The van der Waals surface area contributed by atoms with Crippen LogP contribution in [0.2, 0.25) is 0 Å². The molecule has 0 saturated carbocycles. The van der Waals surface area contributed by atoms with Crippen molar-refractivity contribution in [2.45, 2.75) is 39.8 Å². The first-order chi connectivity index (χ1) is 9.32. The predicted molar refractivity (Wildman–Crippen MR) is 80.5 cm³/mol. The summed E-state index contributed by atoms with van der Waals surface area (Å²) in [6.07, 6.45) is 0. The number of hydrogen-bond donors (Lipinski definition) is 3. The number of nitrogens with two attached hydrogens (primary N) is 1. The molecule has 0 aliphatic carbocycles. The number of rotatable bonds is 5. The second-order valence-corrected chi connectivity index (χ2v) is 5.31. The van der Waals surface area contributed by atoms with Gasteiger partial charge in [0, 0.05) is 12.1 Å². The summed E-state index contributed by atoms with van der Waals surface area (Å²) in [5.41, 5.74) is 6.67. The number of carbonyl (C=O) groups excluding carboxylic acids is 2. The van der Waals surface area contributed by atoms with E-state index in [4.69, 9.17) is 5.73 Å². The molecule has 0 spiro atoms. The molecule has 1 aromatic carbocycles. The highest BCUT2D eigenvalue weighted by Gasteiger charge is 2.19. The lowest BCUT2D eigenvalue weighted by Gasteiger charge is -2.17. The topological polar surface area (TPSA) is 84.2 Å². The largest absolute Gasteiger partial charge is 0.350 e. The van der Waals surface area contributed by atoms with Gasteiger partial charge in [-0.1, -0.05) is 19.1 Å². The lowest BCUT2D eigenvalue weighted by Crippen LogP contribution is -2.35. The van der Waals surface area contributed by atoms with Crippen molar-refractivity contribution in [2.75, 3.05) is 5.32 Å². The van der Waals surface area contributed by atoms with Gasteiger partial charge in [0.25, 0.3) is 5.91 Å². The molecule has 2 atom stereocenters. The van der Waals surface area contributed by atoms with Gasteiger partial charge < -0.3 is 16.4 Å². The zero-order chi connectivity index (χ0) is 15.3. The Balaban J connectivity index is 2.91. The highest BCUT2D eigenvalue weighted by Crippen LogP contribution is 2.16. The first-order valence-electron chi connectivity index (χ1n) is 6.79. The number of amides is 2. The molecule has 0 heterocycles. The van der Waals surface area contributed by atoms with Crippen molar-refractivity contribution in [3.63, 3.8) is 0 Å². The highest BCUT2D eigenvalue weighted by molar-refractivity contribution is 6.04. The Morgan fingerprint density at radius 1 is 1.10 bits per heavy atom. The van der Waals surface area contributed by atoms with Gasteiger partial charge in [0.15, 0.2) is 0 Å². The molecule has 0 fully saturated rings. The van der Waals surface area contributed by atoms with Crippen LogP contribution in [-0.2, 0) is 4.79 Å². The van der Waals surface area contributed by atoms with Crippen molar-refractivity contribution in [3.05, 3.63) is 29.8 Å². The summed E-state index contributed by atoms with van der Waals surface area (Å²) in [4.78, 5) is 24.1. The van der Waals surface area contributed by atoms with Gasteiger partial charge in [-0.2, -0.15) is 0 Å². The van der Waals surface area contributed by atoms with Crippen molar-refractivity contribution in [1.29, 1.82) is 0 Å². The Kier molecular flexibility index (Phi) is 5.70. The molecule has 0 aliphatic heterocycles. The fourth-order valence-corrected chi connectivity index (χ4v) is 1.62. The summed E-state index contributed by atoms with van der Waals surface area (Å²) in [6, 6.07) is 6.73. The van der Waals surface area contributed by atoms with Gasteiger partial charge in [-0.05, 0) is 32.9 Å². The van der Waals surface area contributed by atoms with Crippen LogP contribution in [0.3, 0.4) is 0 Å². The molecule has 5 heteroatoms. The van der Waals surface area contributed by atoms with Gasteiger partial charge in [-0.3, -0.25) is 9.59 Å². The van der Waals surface area contributed by atoms with E-state index in [0.717, 1.165) is 0 Å². The lowest BCUT2D eigenvalue weighted by molar-refractivity contribution is -0.119. The molecule has 0 radical (unpaired) electrons. The second-order valence-electron chi connectivity index (χ2n) is 5.31. The number of anilines is 1. The summed E-state index contributed by atoms with van der Waals surface area (Å²) in [5.74, 6) is -0.717. The fourth-order valence-electron chi connectivity index (χ4n) is 1.62. The van der Waals surface area contributed by atoms with E-state index in [1.54, 1.807) is 38.1 Å². The first-order valence-corrected chi connectivity index (χ1v) is 6.79. The van der Waals surface area contributed by atoms with E-state index in [1.165, 1.54) is 0 Å². The van der Waals surface area contributed by atoms with Crippen molar-refractivity contribution in [3.8, 4) is 0 Å². The van der Waals surface area contributed by atoms with Crippen molar-refractivity contribution < 1.29 is 9.59 Å². The van der Waals surface area contributed by atoms with Crippen molar-refractivity contribution in [2.24, 2.45) is 11.7 Å². The monoisotopic (exact) mass is 277 g/mol. The number of para-hydroxylation sites is 1. The Hall–Kier alpha value is -1.88. The summed E-state index contributed by atoms with van der Waals surface area (Å²) >= 11 is 0. The quantitative estimate of drug-likeness (QED) is 0.766. The van der Waals surface area contributed by atoms with Crippen LogP contribution in [0.15, 0.2) is 24.3 Å². The molecule has 1 rings (SSSR count). The second kappa shape index (κ2) is 7.05. The van der Waals surface area contributed by atoms with Crippen LogP contribution >= 0.6 is 0 Å². The van der Waals surface area contributed by atoms with Gasteiger partial charge in [0.05, 0.1) is 17.2 Å². The normalized spacial score (nSPS) is 13.7. The van der Waals surface area contributed by atoms with E-state index in [-0.39, 0.29) is 29.8 Å². The number of hydrogen-bond acceptors (Lipinski definition) is 3. The molecule has 0 bridgehead atoms. The minimum Gasteiger partial charge on any atom is -0.350 e. The van der Waals surface area contributed by atoms with Crippen LogP contribution in [0.25, 0.3) is 0 Å². The van der Waals surface area contributed by atoms with E-state index < -0.39 is 0 Å². The zero-order valence-electron chi connectivity index (χ0n) is 12.4.